The summed E-state index contributed by atoms with van der Waals surface area (Å²) in [5.74, 6) is -1.23. The van der Waals surface area contributed by atoms with Gasteiger partial charge in [0.1, 0.15) is 0 Å². The lowest BCUT2D eigenvalue weighted by Crippen LogP contribution is -2.48. The highest BCUT2D eigenvalue weighted by Crippen LogP contribution is 2.47. The van der Waals surface area contributed by atoms with Gasteiger partial charge in [0.25, 0.3) is 0 Å². The van der Waals surface area contributed by atoms with Crippen LogP contribution in [0.25, 0.3) is 0 Å². The van der Waals surface area contributed by atoms with Gasteiger partial charge in [0.2, 0.25) is 5.91 Å². The largest absolute Gasteiger partial charge is 0.464 e. The van der Waals surface area contributed by atoms with E-state index in [0.29, 0.717) is 13.0 Å². The second-order valence-corrected chi connectivity index (χ2v) is 4.42. The molecule has 0 spiro atoms. The smallest absolute Gasteiger partial charge is 0.332 e. The molecule has 0 aromatic carbocycles. The van der Waals surface area contributed by atoms with Crippen LogP contribution in [0.15, 0.2) is 0 Å². The number of hydrogen-bond donors (Lipinski definition) is 3. The first-order valence-corrected chi connectivity index (χ1v) is 5.85. The second-order valence-electron chi connectivity index (χ2n) is 4.42. The Bertz CT molecular complexity index is 289. The molecular formula is C11H20N2O4. The molecule has 0 bridgehead atoms. The third-order valence-electron chi connectivity index (χ3n) is 3.06. The van der Waals surface area contributed by atoms with Crippen molar-refractivity contribution < 1.29 is 19.4 Å². The summed E-state index contributed by atoms with van der Waals surface area (Å²) in [6.07, 6.45) is 2.65. The monoisotopic (exact) mass is 244 g/mol. The molecule has 0 aromatic heterocycles. The Kier molecular flexibility index (Phi) is 4.89. The van der Waals surface area contributed by atoms with Crippen molar-refractivity contribution in [2.75, 3.05) is 19.8 Å². The van der Waals surface area contributed by atoms with Gasteiger partial charge in [-0.3, -0.25) is 4.79 Å². The molecule has 1 unspecified atom stereocenters. The lowest BCUT2D eigenvalue weighted by Gasteiger charge is -2.16. The third kappa shape index (κ3) is 3.98. The van der Waals surface area contributed by atoms with Crippen molar-refractivity contribution in [3.8, 4) is 0 Å². The van der Waals surface area contributed by atoms with Gasteiger partial charge in [0.05, 0.1) is 6.61 Å². The van der Waals surface area contributed by atoms with Crippen molar-refractivity contribution in [2.45, 2.75) is 32.2 Å². The maximum atomic E-state index is 11.5. The van der Waals surface area contributed by atoms with E-state index in [-0.39, 0.29) is 18.6 Å². The summed E-state index contributed by atoms with van der Waals surface area (Å²) in [6.45, 7) is 2.43. The highest BCUT2D eigenvalue weighted by atomic mass is 16.5. The molecule has 4 N–H and O–H groups in total. The summed E-state index contributed by atoms with van der Waals surface area (Å²) in [5, 5.41) is 11.5. The molecule has 1 saturated carbocycles. The van der Waals surface area contributed by atoms with E-state index in [4.69, 9.17) is 10.8 Å². The summed E-state index contributed by atoms with van der Waals surface area (Å²) >= 11 is 0. The lowest BCUT2D eigenvalue weighted by molar-refractivity contribution is -0.148. The summed E-state index contributed by atoms with van der Waals surface area (Å²) in [5.41, 5.74) is 5.45. The van der Waals surface area contributed by atoms with E-state index in [0.717, 1.165) is 12.8 Å². The standard InChI is InChI=1S/C11H20N2O4/c1-2-17-10(16)8(12)9(15)13-7-11(3-4-11)5-6-14/h8,14H,2-7,12H2,1H3,(H,13,15). The van der Waals surface area contributed by atoms with Gasteiger partial charge in [-0.25, -0.2) is 4.79 Å². The molecule has 6 heteroatoms. The molecule has 17 heavy (non-hydrogen) atoms. The number of aliphatic hydroxyl groups excluding tert-OH is 1. The maximum absolute atomic E-state index is 11.5. The quantitative estimate of drug-likeness (QED) is 0.400. The number of amides is 1. The van der Waals surface area contributed by atoms with Gasteiger partial charge in [-0.05, 0) is 31.6 Å². The molecule has 1 rings (SSSR count). The van der Waals surface area contributed by atoms with E-state index < -0.39 is 17.9 Å². The Morgan fingerprint density at radius 2 is 2.18 bits per heavy atom. The van der Waals surface area contributed by atoms with Gasteiger partial charge >= 0.3 is 5.97 Å². The van der Waals surface area contributed by atoms with Crippen molar-refractivity contribution >= 4 is 11.9 Å². The first-order chi connectivity index (χ1) is 8.04. The minimum absolute atomic E-state index is 0.0127. The second kappa shape index (κ2) is 5.97. The van der Waals surface area contributed by atoms with Crippen LogP contribution in [0.2, 0.25) is 0 Å². The molecule has 0 aromatic rings. The van der Waals surface area contributed by atoms with Crippen LogP contribution in [0.4, 0.5) is 0 Å². The average molecular weight is 244 g/mol. The fourth-order valence-electron chi connectivity index (χ4n) is 1.65. The summed E-state index contributed by atoms with van der Waals surface area (Å²) in [6, 6.07) is -1.26. The van der Waals surface area contributed by atoms with Gasteiger partial charge < -0.3 is 20.9 Å². The number of carbonyl (C=O) groups excluding carboxylic acids is 2. The van der Waals surface area contributed by atoms with E-state index in [2.05, 4.69) is 10.1 Å². The number of hydrogen-bond acceptors (Lipinski definition) is 5. The zero-order valence-electron chi connectivity index (χ0n) is 10.1. The SMILES string of the molecule is CCOC(=O)C(N)C(=O)NCC1(CCO)CC1. The number of carbonyl (C=O) groups is 2. The number of nitrogens with one attached hydrogen (secondary N) is 1. The molecule has 1 aliphatic rings. The van der Waals surface area contributed by atoms with Gasteiger partial charge in [0.15, 0.2) is 6.04 Å². The molecule has 6 nitrogen and oxygen atoms in total. The van der Waals surface area contributed by atoms with Crippen LogP contribution in [0.3, 0.4) is 0 Å². The molecule has 0 radical (unpaired) electrons. The predicted molar refractivity (Wildman–Crippen MR) is 61.0 cm³/mol. The van der Waals surface area contributed by atoms with Gasteiger partial charge in [-0.15, -0.1) is 0 Å². The van der Waals surface area contributed by atoms with Crippen molar-refractivity contribution in [1.82, 2.24) is 5.32 Å². The average Bonchev–Trinajstić information content (AvgIpc) is 3.06. The first-order valence-electron chi connectivity index (χ1n) is 5.85. The topological polar surface area (TPSA) is 102 Å². The fraction of sp³-hybridized carbons (Fsp3) is 0.818. The van der Waals surface area contributed by atoms with E-state index in [1.165, 1.54) is 0 Å². The molecule has 0 aliphatic heterocycles. The summed E-state index contributed by atoms with van der Waals surface area (Å²) in [7, 11) is 0. The van der Waals surface area contributed by atoms with Crippen LogP contribution in [0.1, 0.15) is 26.2 Å². The zero-order chi connectivity index (χ0) is 12.9. The van der Waals surface area contributed by atoms with Crippen LogP contribution < -0.4 is 11.1 Å². The van der Waals surface area contributed by atoms with Crippen LogP contribution in [-0.2, 0) is 14.3 Å². The Hall–Kier alpha value is -1.14. The first kappa shape index (κ1) is 13.9. The lowest BCUT2D eigenvalue weighted by atomic mass is 10.0. The minimum atomic E-state index is -1.26. The van der Waals surface area contributed by atoms with Crippen LogP contribution in [0.5, 0.6) is 0 Å². The van der Waals surface area contributed by atoms with E-state index in [9.17, 15) is 9.59 Å². The molecular weight excluding hydrogens is 224 g/mol. The van der Waals surface area contributed by atoms with E-state index in [1.54, 1.807) is 6.92 Å². The van der Waals surface area contributed by atoms with Crippen LogP contribution in [-0.4, -0.2) is 42.8 Å². The zero-order valence-corrected chi connectivity index (χ0v) is 10.1. The molecule has 1 fully saturated rings. The summed E-state index contributed by atoms with van der Waals surface area (Å²) in [4.78, 5) is 22.7. The van der Waals surface area contributed by atoms with Crippen molar-refractivity contribution in [3.63, 3.8) is 0 Å². The number of esters is 1. The normalized spacial score (nSPS) is 18.3. The van der Waals surface area contributed by atoms with Crippen molar-refractivity contribution in [2.24, 2.45) is 11.1 Å². The summed E-state index contributed by atoms with van der Waals surface area (Å²) < 4.78 is 4.66. The highest BCUT2D eigenvalue weighted by molar-refractivity contribution is 6.01. The number of aliphatic hydroxyl groups is 1. The van der Waals surface area contributed by atoms with E-state index >= 15 is 0 Å². The Morgan fingerprint density at radius 3 is 2.65 bits per heavy atom. The van der Waals surface area contributed by atoms with Crippen LogP contribution in [0, 0.1) is 5.41 Å². The fourth-order valence-corrected chi connectivity index (χ4v) is 1.65. The van der Waals surface area contributed by atoms with E-state index in [1.807, 2.05) is 0 Å². The number of ether oxygens (including phenoxy) is 1. The minimum Gasteiger partial charge on any atom is -0.464 e. The van der Waals surface area contributed by atoms with Gasteiger partial charge in [-0.1, -0.05) is 0 Å². The van der Waals surface area contributed by atoms with Gasteiger partial charge in [0, 0.05) is 13.2 Å². The molecule has 0 saturated heterocycles. The Balaban J connectivity index is 2.32. The van der Waals surface area contributed by atoms with Crippen molar-refractivity contribution in [1.29, 1.82) is 0 Å². The molecule has 1 atom stereocenters. The highest BCUT2D eigenvalue weighted by Gasteiger charge is 2.42. The van der Waals surface area contributed by atoms with Gasteiger partial charge in [-0.2, -0.15) is 0 Å². The molecule has 98 valence electrons. The number of nitrogens with two attached hydrogens (primary N) is 1. The molecule has 1 aliphatic carbocycles. The number of rotatable bonds is 7. The predicted octanol–water partition coefficient (Wildman–Crippen LogP) is -0.844. The Morgan fingerprint density at radius 1 is 1.53 bits per heavy atom. The molecule has 1 amide bonds. The third-order valence-corrected chi connectivity index (χ3v) is 3.06. The Labute approximate surface area is 101 Å². The molecule has 0 heterocycles. The van der Waals surface area contributed by atoms with Crippen LogP contribution >= 0.6 is 0 Å². The van der Waals surface area contributed by atoms with Crippen molar-refractivity contribution in [3.05, 3.63) is 0 Å². The maximum Gasteiger partial charge on any atom is 0.332 e.